The van der Waals surface area contributed by atoms with Crippen molar-refractivity contribution in [3.05, 3.63) is 75.7 Å². The van der Waals surface area contributed by atoms with E-state index < -0.39 is 0 Å². The van der Waals surface area contributed by atoms with E-state index in [1.54, 1.807) is 7.11 Å². The van der Waals surface area contributed by atoms with E-state index in [9.17, 15) is 4.79 Å². The van der Waals surface area contributed by atoms with Crippen molar-refractivity contribution in [3.8, 4) is 17.2 Å². The quantitative estimate of drug-likeness (QED) is 0.530. The molecular formula is C23H27N3O3. The highest BCUT2D eigenvalue weighted by Crippen LogP contribution is 2.23. The Morgan fingerprint density at radius 1 is 1.00 bits per heavy atom. The first-order valence-electron chi connectivity index (χ1n) is 9.87. The van der Waals surface area contributed by atoms with E-state index in [4.69, 9.17) is 15.2 Å². The predicted molar refractivity (Wildman–Crippen MR) is 115 cm³/mol. The number of unbranched alkanes of at least 4 members (excludes halogenated alkanes) is 1. The first-order chi connectivity index (χ1) is 14.1. The monoisotopic (exact) mass is 393 g/mol. The van der Waals surface area contributed by atoms with Crippen LogP contribution in [0, 0.1) is 0 Å². The number of nitrogens with zero attached hydrogens (tertiary/aromatic N) is 1. The van der Waals surface area contributed by atoms with Crippen LogP contribution in [0.3, 0.4) is 0 Å². The Balaban J connectivity index is 1.58. The number of rotatable bonds is 9. The number of methoxy groups -OCH3 is 1. The highest BCUT2D eigenvalue weighted by atomic mass is 16.5. The minimum atomic E-state index is -0.362. The molecule has 0 aliphatic heterocycles. The Hall–Kier alpha value is -3.28. The maximum absolute atomic E-state index is 12.2. The van der Waals surface area contributed by atoms with Gasteiger partial charge in [0, 0.05) is 0 Å². The zero-order chi connectivity index (χ0) is 20.6. The molecule has 0 aliphatic carbocycles. The summed E-state index contributed by atoms with van der Waals surface area (Å²) < 4.78 is 11.0. The van der Waals surface area contributed by atoms with Gasteiger partial charge in [0.1, 0.15) is 11.5 Å². The fourth-order valence-corrected chi connectivity index (χ4v) is 3.21. The van der Waals surface area contributed by atoms with Gasteiger partial charge in [-0.15, -0.1) is 0 Å². The van der Waals surface area contributed by atoms with E-state index in [1.807, 2.05) is 37.3 Å². The molecule has 6 nitrogen and oxygen atoms in total. The first kappa shape index (κ1) is 20.5. The van der Waals surface area contributed by atoms with Crippen LogP contribution in [-0.2, 0) is 19.3 Å². The summed E-state index contributed by atoms with van der Waals surface area (Å²) in [6, 6.07) is 16.0. The third kappa shape index (κ3) is 5.60. The molecule has 29 heavy (non-hydrogen) atoms. The Morgan fingerprint density at radius 3 is 2.41 bits per heavy atom. The Labute approximate surface area is 170 Å². The molecule has 6 heteroatoms. The largest absolute Gasteiger partial charge is 0.497 e. The lowest BCUT2D eigenvalue weighted by molar-refractivity contribution is 0.414. The fraction of sp³-hybridized carbons (Fsp3) is 0.304. The van der Waals surface area contributed by atoms with Crippen molar-refractivity contribution in [2.45, 2.75) is 39.0 Å². The Bertz CT molecular complexity index is 997. The summed E-state index contributed by atoms with van der Waals surface area (Å²) in [7, 11) is 1.68. The van der Waals surface area contributed by atoms with Gasteiger partial charge in [-0.25, -0.2) is 4.98 Å². The van der Waals surface area contributed by atoms with Crippen LogP contribution in [0.15, 0.2) is 53.3 Å². The minimum absolute atomic E-state index is 0.102. The Kier molecular flexibility index (Phi) is 6.89. The molecular weight excluding hydrogens is 366 g/mol. The molecule has 1 heterocycles. The van der Waals surface area contributed by atoms with Crippen molar-refractivity contribution in [2.75, 3.05) is 12.8 Å². The summed E-state index contributed by atoms with van der Waals surface area (Å²) in [5, 5.41) is 0. The number of nitrogens with two attached hydrogens (primary N) is 1. The van der Waals surface area contributed by atoms with Crippen LogP contribution in [-0.4, -0.2) is 17.1 Å². The number of nitrogen functional groups attached to an aromatic ring is 1. The molecule has 152 valence electrons. The summed E-state index contributed by atoms with van der Waals surface area (Å²) in [5.41, 5.74) is 8.29. The van der Waals surface area contributed by atoms with Crippen LogP contribution in [0.5, 0.6) is 17.2 Å². The number of hydrogen-bond acceptors (Lipinski definition) is 5. The second kappa shape index (κ2) is 9.78. The van der Waals surface area contributed by atoms with Crippen molar-refractivity contribution in [1.29, 1.82) is 0 Å². The van der Waals surface area contributed by atoms with Crippen molar-refractivity contribution in [1.82, 2.24) is 9.97 Å². The molecule has 0 aliphatic rings. The maximum Gasteiger partial charge on any atom is 0.295 e. The molecule has 0 amide bonds. The van der Waals surface area contributed by atoms with Crippen molar-refractivity contribution < 1.29 is 9.47 Å². The first-order valence-corrected chi connectivity index (χ1v) is 9.87. The lowest BCUT2D eigenvalue weighted by Gasteiger charge is -2.10. The highest BCUT2D eigenvalue weighted by Gasteiger charge is 2.12. The topological polar surface area (TPSA) is 90.2 Å². The van der Waals surface area contributed by atoms with Gasteiger partial charge in [-0.1, -0.05) is 31.2 Å². The minimum Gasteiger partial charge on any atom is -0.497 e. The van der Waals surface area contributed by atoms with Gasteiger partial charge < -0.3 is 15.2 Å². The zero-order valence-electron chi connectivity index (χ0n) is 16.9. The van der Waals surface area contributed by atoms with Crippen LogP contribution < -0.4 is 20.8 Å². The molecule has 0 atom stereocenters. The number of benzene rings is 2. The smallest absolute Gasteiger partial charge is 0.295 e. The number of hydrogen-bond donors (Lipinski definition) is 2. The van der Waals surface area contributed by atoms with Crippen molar-refractivity contribution >= 4 is 5.95 Å². The van der Waals surface area contributed by atoms with Crippen LogP contribution in [0.4, 0.5) is 5.95 Å². The molecule has 0 saturated carbocycles. The van der Waals surface area contributed by atoms with Gasteiger partial charge in [-0.3, -0.25) is 9.78 Å². The molecule has 0 fully saturated rings. The third-order valence-corrected chi connectivity index (χ3v) is 4.76. The van der Waals surface area contributed by atoms with Crippen molar-refractivity contribution in [2.24, 2.45) is 0 Å². The molecule has 0 unspecified atom stereocenters. The lowest BCUT2D eigenvalue weighted by Crippen LogP contribution is -2.16. The summed E-state index contributed by atoms with van der Waals surface area (Å²) in [4.78, 5) is 18.8. The maximum atomic E-state index is 12.2. The molecule has 0 radical (unpaired) electrons. The van der Waals surface area contributed by atoms with Gasteiger partial charge in [-0.2, -0.15) is 0 Å². The van der Waals surface area contributed by atoms with E-state index in [1.165, 1.54) is 11.1 Å². The van der Waals surface area contributed by atoms with Gasteiger partial charge in [-0.05, 0) is 67.5 Å². The molecule has 0 spiro atoms. The lowest BCUT2D eigenvalue weighted by atomic mass is 10.0. The van der Waals surface area contributed by atoms with Gasteiger partial charge in [0.2, 0.25) is 11.7 Å². The van der Waals surface area contributed by atoms with Crippen LogP contribution >= 0.6 is 0 Å². The zero-order valence-corrected chi connectivity index (χ0v) is 16.9. The molecule has 3 rings (SSSR count). The standard InChI is InChI=1S/C23H27N3O3/c1-3-20-21(22(27)26-23(24)25-20)29-19-10-6-9-17(15-19)8-5-4-7-16-11-13-18(28-2)14-12-16/h6,9-15H,3-5,7-8H2,1-2H3,(H3,24,25,26,27). The number of nitrogens with one attached hydrogen (secondary N) is 1. The third-order valence-electron chi connectivity index (χ3n) is 4.76. The summed E-state index contributed by atoms with van der Waals surface area (Å²) in [6.07, 6.45) is 4.71. The van der Waals surface area contributed by atoms with Gasteiger partial charge in [0.15, 0.2) is 0 Å². The summed E-state index contributed by atoms with van der Waals surface area (Å²) >= 11 is 0. The molecule has 1 aromatic heterocycles. The second-order valence-corrected chi connectivity index (χ2v) is 6.89. The number of aromatic amines is 1. The van der Waals surface area contributed by atoms with Crippen LogP contribution in [0.25, 0.3) is 0 Å². The molecule has 0 saturated heterocycles. The fourth-order valence-electron chi connectivity index (χ4n) is 3.21. The van der Waals surface area contributed by atoms with E-state index >= 15 is 0 Å². The predicted octanol–water partition coefficient (Wildman–Crippen LogP) is 4.28. The van der Waals surface area contributed by atoms with Crippen LogP contribution in [0.2, 0.25) is 0 Å². The van der Waals surface area contributed by atoms with E-state index in [0.29, 0.717) is 17.9 Å². The molecule has 3 aromatic rings. The summed E-state index contributed by atoms with van der Waals surface area (Å²) in [6.45, 7) is 1.91. The van der Waals surface area contributed by atoms with Crippen LogP contribution in [0.1, 0.15) is 36.6 Å². The molecule has 2 aromatic carbocycles. The van der Waals surface area contributed by atoms with E-state index in [0.717, 1.165) is 31.4 Å². The average molecular weight is 393 g/mol. The number of aromatic nitrogens is 2. The summed E-state index contributed by atoms with van der Waals surface area (Å²) in [5.74, 6) is 1.82. The SMILES string of the molecule is CCc1nc(N)[nH]c(=O)c1Oc1cccc(CCCCc2ccc(OC)cc2)c1. The molecule has 0 bridgehead atoms. The van der Waals surface area contributed by atoms with Gasteiger partial charge in [0.05, 0.1) is 12.8 Å². The second-order valence-electron chi connectivity index (χ2n) is 6.89. The number of anilines is 1. The normalized spacial score (nSPS) is 10.7. The van der Waals surface area contributed by atoms with Crippen molar-refractivity contribution in [3.63, 3.8) is 0 Å². The molecule has 3 N–H and O–H groups in total. The average Bonchev–Trinajstić information content (AvgIpc) is 2.73. The van der Waals surface area contributed by atoms with Gasteiger partial charge in [0.25, 0.3) is 5.56 Å². The highest BCUT2D eigenvalue weighted by molar-refractivity contribution is 5.37. The van der Waals surface area contributed by atoms with Gasteiger partial charge >= 0.3 is 0 Å². The van der Waals surface area contributed by atoms with E-state index in [-0.39, 0.29) is 17.3 Å². The Morgan fingerprint density at radius 2 is 1.72 bits per heavy atom. The number of H-pyrrole nitrogens is 1. The number of ether oxygens (including phenoxy) is 2. The number of aryl methyl sites for hydroxylation is 3. The van der Waals surface area contributed by atoms with E-state index in [2.05, 4.69) is 28.2 Å².